The lowest BCUT2D eigenvalue weighted by molar-refractivity contribution is 0.101. The molecule has 3 aromatic rings. The van der Waals surface area contributed by atoms with Gasteiger partial charge < -0.3 is 9.80 Å². The van der Waals surface area contributed by atoms with Gasteiger partial charge in [-0.25, -0.2) is 13.4 Å². The van der Waals surface area contributed by atoms with Crippen LogP contribution in [0.25, 0.3) is 10.9 Å². The van der Waals surface area contributed by atoms with Crippen molar-refractivity contribution in [3.05, 3.63) is 60.2 Å². The van der Waals surface area contributed by atoms with Gasteiger partial charge in [-0.05, 0) is 81.3 Å². The first kappa shape index (κ1) is 23.8. The van der Waals surface area contributed by atoms with Crippen LogP contribution >= 0.6 is 0 Å². The van der Waals surface area contributed by atoms with E-state index >= 15 is 0 Å². The number of piperazine rings is 1. The number of benzene rings is 2. The molecule has 0 saturated carbocycles. The molecule has 3 heterocycles. The Bertz CT molecular complexity index is 1330. The third-order valence-corrected chi connectivity index (χ3v) is 9.25. The molecular weight excluding hydrogens is 460 g/mol. The second kappa shape index (κ2) is 9.59. The van der Waals surface area contributed by atoms with Crippen molar-refractivity contribution in [2.24, 2.45) is 0 Å². The van der Waals surface area contributed by atoms with Gasteiger partial charge in [0.15, 0.2) is 5.78 Å². The summed E-state index contributed by atoms with van der Waals surface area (Å²) >= 11 is 0. The third-order valence-electron chi connectivity index (χ3n) is 7.24. The highest BCUT2D eigenvalue weighted by Gasteiger charge is 2.31. The van der Waals surface area contributed by atoms with Crippen molar-refractivity contribution in [2.45, 2.75) is 44.0 Å². The van der Waals surface area contributed by atoms with E-state index in [0.717, 1.165) is 73.4 Å². The van der Waals surface area contributed by atoms with Gasteiger partial charge in [-0.15, -0.1) is 0 Å². The van der Waals surface area contributed by atoms with E-state index in [-0.39, 0.29) is 11.8 Å². The molecule has 184 valence electrons. The Morgan fingerprint density at radius 3 is 2.29 bits per heavy atom. The SMILES string of the molecule is CC(=O)c1ccc(N2CCN(c3ccc4cc(S(=O)(=O)N5CCCCC5C)ccc4n3)CC2)cc1. The van der Waals surface area contributed by atoms with Crippen LogP contribution in [0.15, 0.2) is 59.5 Å². The van der Waals surface area contributed by atoms with Gasteiger partial charge in [-0.2, -0.15) is 4.31 Å². The fourth-order valence-electron chi connectivity index (χ4n) is 5.09. The predicted molar refractivity (Wildman–Crippen MR) is 140 cm³/mol. The molecule has 2 saturated heterocycles. The van der Waals surface area contributed by atoms with E-state index in [1.54, 1.807) is 23.4 Å². The van der Waals surface area contributed by atoms with Crippen molar-refractivity contribution in [1.82, 2.24) is 9.29 Å². The number of hydrogen-bond donors (Lipinski definition) is 0. The minimum Gasteiger partial charge on any atom is -0.368 e. The number of nitrogens with zero attached hydrogens (tertiary/aromatic N) is 4. The van der Waals surface area contributed by atoms with Gasteiger partial charge in [0.25, 0.3) is 0 Å². The lowest BCUT2D eigenvalue weighted by Crippen LogP contribution is -2.46. The van der Waals surface area contributed by atoms with Gasteiger partial charge >= 0.3 is 0 Å². The molecule has 2 fully saturated rings. The van der Waals surface area contributed by atoms with Crippen LogP contribution in [0.1, 0.15) is 43.5 Å². The molecule has 5 rings (SSSR count). The fourth-order valence-corrected chi connectivity index (χ4v) is 6.83. The van der Waals surface area contributed by atoms with Crippen molar-refractivity contribution >= 4 is 38.2 Å². The molecule has 0 spiro atoms. The molecule has 8 heteroatoms. The van der Waals surface area contributed by atoms with Gasteiger partial charge in [0.05, 0.1) is 10.4 Å². The van der Waals surface area contributed by atoms with Gasteiger partial charge in [-0.1, -0.05) is 6.42 Å². The van der Waals surface area contributed by atoms with E-state index in [9.17, 15) is 13.2 Å². The maximum Gasteiger partial charge on any atom is 0.243 e. The van der Waals surface area contributed by atoms with Crippen LogP contribution in [0.4, 0.5) is 11.5 Å². The normalized spacial score (nSPS) is 19.8. The number of carbonyl (C=O) groups is 1. The van der Waals surface area contributed by atoms with Crippen LogP contribution in [0, 0.1) is 0 Å². The molecule has 1 unspecified atom stereocenters. The van der Waals surface area contributed by atoms with Gasteiger partial charge in [0, 0.05) is 55.4 Å². The molecule has 1 aromatic heterocycles. The standard InChI is InChI=1S/C27H32N4O3S/c1-20-5-3-4-14-31(20)35(33,34)25-11-12-26-23(19-25)8-13-27(28-26)30-17-15-29(16-18-30)24-9-6-22(7-10-24)21(2)32/h6-13,19-20H,3-5,14-18H2,1-2H3. The summed E-state index contributed by atoms with van der Waals surface area (Å²) in [5, 5.41) is 0.837. The number of rotatable bonds is 5. The van der Waals surface area contributed by atoms with Crippen LogP contribution in [0.5, 0.6) is 0 Å². The highest BCUT2D eigenvalue weighted by atomic mass is 32.2. The van der Waals surface area contributed by atoms with E-state index < -0.39 is 10.0 Å². The Morgan fingerprint density at radius 2 is 1.60 bits per heavy atom. The molecule has 0 radical (unpaired) electrons. The van der Waals surface area contributed by atoms with Crippen LogP contribution in [-0.2, 0) is 10.0 Å². The smallest absolute Gasteiger partial charge is 0.243 e. The summed E-state index contributed by atoms with van der Waals surface area (Å²) in [7, 11) is -3.50. The number of sulfonamides is 1. The van der Waals surface area contributed by atoms with Gasteiger partial charge in [-0.3, -0.25) is 4.79 Å². The number of piperidine rings is 1. The average Bonchev–Trinajstić information content (AvgIpc) is 2.88. The lowest BCUT2D eigenvalue weighted by Gasteiger charge is -2.36. The largest absolute Gasteiger partial charge is 0.368 e. The molecule has 2 aliphatic heterocycles. The number of Topliss-reactive ketones (excluding diaryl/α,β-unsaturated/α-hetero) is 1. The summed E-state index contributed by atoms with van der Waals surface area (Å²) in [4.78, 5) is 21.3. The summed E-state index contributed by atoms with van der Waals surface area (Å²) in [5.41, 5.74) is 2.66. The first-order valence-electron chi connectivity index (χ1n) is 12.4. The Morgan fingerprint density at radius 1 is 0.886 bits per heavy atom. The molecule has 0 amide bonds. The summed E-state index contributed by atoms with van der Waals surface area (Å²) in [5.74, 6) is 0.985. The molecule has 2 aliphatic rings. The maximum absolute atomic E-state index is 13.2. The van der Waals surface area contributed by atoms with E-state index in [0.29, 0.717) is 11.4 Å². The van der Waals surface area contributed by atoms with Crippen molar-refractivity contribution in [1.29, 1.82) is 0 Å². The first-order chi connectivity index (χ1) is 16.8. The number of hydrogen-bond acceptors (Lipinski definition) is 6. The van der Waals surface area contributed by atoms with E-state index in [2.05, 4.69) is 9.80 Å². The number of aromatic nitrogens is 1. The van der Waals surface area contributed by atoms with Crippen molar-refractivity contribution < 1.29 is 13.2 Å². The summed E-state index contributed by atoms with van der Waals surface area (Å²) in [6.45, 7) is 7.57. The molecule has 0 aliphatic carbocycles. The Balaban J connectivity index is 1.29. The van der Waals surface area contributed by atoms with Crippen molar-refractivity contribution in [3.8, 4) is 0 Å². The fraction of sp³-hybridized carbons (Fsp3) is 0.407. The topological polar surface area (TPSA) is 73.8 Å². The third kappa shape index (κ3) is 4.77. The second-order valence-corrected chi connectivity index (χ2v) is 11.5. The number of carbonyl (C=O) groups excluding carboxylic acids is 1. The highest BCUT2D eigenvalue weighted by molar-refractivity contribution is 7.89. The maximum atomic E-state index is 13.2. The zero-order valence-corrected chi connectivity index (χ0v) is 21.2. The zero-order chi connectivity index (χ0) is 24.6. The predicted octanol–water partition coefficient (Wildman–Crippen LogP) is 4.33. The number of ketones is 1. The van der Waals surface area contributed by atoms with Crippen LogP contribution in [0.2, 0.25) is 0 Å². The molecule has 0 bridgehead atoms. The molecule has 2 aromatic carbocycles. The van der Waals surface area contributed by atoms with E-state index in [1.165, 1.54) is 0 Å². The van der Waals surface area contributed by atoms with E-state index in [1.807, 2.05) is 49.4 Å². The molecule has 1 atom stereocenters. The minimum atomic E-state index is -3.50. The molecule has 7 nitrogen and oxygen atoms in total. The Labute approximate surface area is 207 Å². The van der Waals surface area contributed by atoms with Crippen LogP contribution in [-0.4, -0.2) is 62.3 Å². The minimum absolute atomic E-state index is 0.0377. The molecule has 35 heavy (non-hydrogen) atoms. The second-order valence-electron chi connectivity index (χ2n) is 9.56. The van der Waals surface area contributed by atoms with Gasteiger partial charge in [0.2, 0.25) is 10.0 Å². The summed E-state index contributed by atoms with van der Waals surface area (Å²) in [6, 6.07) is 17.1. The number of fused-ring (bicyclic) bond motifs is 1. The lowest BCUT2D eigenvalue weighted by atomic mass is 10.1. The Hall–Kier alpha value is -2.97. The summed E-state index contributed by atoms with van der Waals surface area (Å²) < 4.78 is 28.1. The first-order valence-corrected chi connectivity index (χ1v) is 13.8. The average molecular weight is 493 g/mol. The zero-order valence-electron chi connectivity index (χ0n) is 20.4. The van der Waals surface area contributed by atoms with Crippen molar-refractivity contribution in [2.75, 3.05) is 42.5 Å². The number of anilines is 2. The number of pyridine rings is 1. The summed E-state index contributed by atoms with van der Waals surface area (Å²) in [6.07, 6.45) is 2.91. The molecular formula is C27H32N4O3S. The highest BCUT2D eigenvalue weighted by Crippen LogP contribution is 2.28. The van der Waals surface area contributed by atoms with Crippen molar-refractivity contribution in [3.63, 3.8) is 0 Å². The Kier molecular flexibility index (Phi) is 6.51. The van der Waals surface area contributed by atoms with Crippen LogP contribution < -0.4 is 9.80 Å². The quantitative estimate of drug-likeness (QED) is 0.494. The monoisotopic (exact) mass is 492 g/mol. The van der Waals surface area contributed by atoms with Gasteiger partial charge in [0.1, 0.15) is 5.82 Å². The van der Waals surface area contributed by atoms with E-state index in [4.69, 9.17) is 4.98 Å². The van der Waals surface area contributed by atoms with Crippen LogP contribution in [0.3, 0.4) is 0 Å². The molecule has 0 N–H and O–H groups in total.